The summed E-state index contributed by atoms with van der Waals surface area (Å²) in [6.45, 7) is 9.41. The Morgan fingerprint density at radius 1 is 0.385 bits per heavy atom. The van der Waals surface area contributed by atoms with Crippen molar-refractivity contribution in [2.45, 2.75) is 130 Å². The minimum absolute atomic E-state index is 1.36. The fourth-order valence-corrected chi connectivity index (χ4v) is 13.4. The molecule has 0 saturated carbocycles. The van der Waals surface area contributed by atoms with Crippen molar-refractivity contribution in [2.75, 3.05) is 24.6 Å². The van der Waals surface area contributed by atoms with Gasteiger partial charge in [0.15, 0.2) is 0 Å². The average molecular weight is 452 g/mol. The minimum atomic E-state index is -1.65. The Bertz CT molecular complexity index is 264. The number of unbranched alkanes of at least 4 members (excludes halogenated alkanes) is 12. The molecule has 0 unspecified atom stereocenters. The Hall–Kier alpha value is 0.910. The van der Waals surface area contributed by atoms with Gasteiger partial charge in [-0.05, 0) is 0 Å². The zero-order valence-corrected chi connectivity index (χ0v) is 21.4. The van der Waals surface area contributed by atoms with Gasteiger partial charge >= 0.3 is 176 Å². The Kier molecular flexibility index (Phi) is 17.4. The SMILES string of the molecule is CCCCCCCP(Br)(CCC)(CCCCCCC)CCCCCCC. The zero-order chi connectivity index (χ0) is 19.6. The maximum absolute atomic E-state index is 4.59. The molecule has 0 radical (unpaired) electrons. The van der Waals surface area contributed by atoms with Crippen LogP contribution in [0, 0.1) is 0 Å². The van der Waals surface area contributed by atoms with E-state index >= 15 is 0 Å². The van der Waals surface area contributed by atoms with Crippen LogP contribution in [-0.4, -0.2) is 24.6 Å². The molecule has 0 aromatic heterocycles. The first-order valence-corrected chi connectivity index (χ1v) is 17.3. The molecule has 2 heteroatoms. The van der Waals surface area contributed by atoms with Gasteiger partial charge in [-0.2, -0.15) is 0 Å². The molecule has 0 aliphatic rings. The van der Waals surface area contributed by atoms with Crippen molar-refractivity contribution in [1.82, 2.24) is 0 Å². The van der Waals surface area contributed by atoms with Gasteiger partial charge in [0.25, 0.3) is 0 Å². The van der Waals surface area contributed by atoms with E-state index in [9.17, 15) is 0 Å². The van der Waals surface area contributed by atoms with E-state index in [4.69, 9.17) is 0 Å². The van der Waals surface area contributed by atoms with Gasteiger partial charge in [0, 0.05) is 0 Å². The number of hydrogen-bond donors (Lipinski definition) is 0. The van der Waals surface area contributed by atoms with Crippen molar-refractivity contribution in [1.29, 1.82) is 0 Å². The molecule has 26 heavy (non-hydrogen) atoms. The molecule has 0 aromatic carbocycles. The van der Waals surface area contributed by atoms with Gasteiger partial charge in [-0.3, -0.25) is 0 Å². The molecule has 0 amide bonds. The van der Waals surface area contributed by atoms with E-state index in [0.717, 1.165) is 0 Å². The molecule has 0 aliphatic heterocycles. The summed E-state index contributed by atoms with van der Waals surface area (Å²) in [7, 11) is 0. The fraction of sp³-hybridized carbons (Fsp3) is 1.00. The van der Waals surface area contributed by atoms with Gasteiger partial charge in [0.2, 0.25) is 0 Å². The van der Waals surface area contributed by atoms with Crippen LogP contribution in [0.1, 0.15) is 130 Å². The van der Waals surface area contributed by atoms with Crippen LogP contribution < -0.4 is 0 Å². The van der Waals surface area contributed by atoms with Crippen LogP contribution in [0.2, 0.25) is 0 Å². The van der Waals surface area contributed by atoms with Gasteiger partial charge in [0.1, 0.15) is 0 Å². The summed E-state index contributed by atoms with van der Waals surface area (Å²) in [5.41, 5.74) is 0. The van der Waals surface area contributed by atoms with Crippen LogP contribution in [0.5, 0.6) is 0 Å². The van der Waals surface area contributed by atoms with Gasteiger partial charge in [-0.15, -0.1) is 0 Å². The summed E-state index contributed by atoms with van der Waals surface area (Å²) < 4.78 is 0. The first kappa shape index (κ1) is 26.9. The normalized spacial score (nSPS) is 13.7. The molecule has 0 nitrogen and oxygen atoms in total. The molecular formula is C24H52BrP. The van der Waals surface area contributed by atoms with E-state index in [-0.39, 0.29) is 0 Å². The van der Waals surface area contributed by atoms with E-state index in [1.165, 1.54) is 127 Å². The first-order chi connectivity index (χ1) is 12.5. The molecule has 0 fully saturated rings. The van der Waals surface area contributed by atoms with Crippen molar-refractivity contribution >= 4 is 20.8 Å². The fourth-order valence-electron chi connectivity index (χ4n) is 4.56. The zero-order valence-electron chi connectivity index (χ0n) is 19.0. The number of halogens is 1. The van der Waals surface area contributed by atoms with Gasteiger partial charge < -0.3 is 0 Å². The van der Waals surface area contributed by atoms with E-state index in [1.807, 2.05) is 0 Å². The third-order valence-electron chi connectivity index (χ3n) is 6.24. The maximum atomic E-state index is 4.59. The Labute approximate surface area is 175 Å². The van der Waals surface area contributed by atoms with Gasteiger partial charge in [-0.1, -0.05) is 0 Å². The summed E-state index contributed by atoms with van der Waals surface area (Å²) in [5.74, 6) is 0. The standard InChI is InChI=1S/C24H52BrP/c1-5-9-12-15-18-22-26(25,21-8-4,23-19-16-13-10-6-2)24-20-17-14-11-7-3/h5-24H2,1-4H3. The summed E-state index contributed by atoms with van der Waals surface area (Å²) in [6.07, 6.45) is 29.0. The van der Waals surface area contributed by atoms with Crippen LogP contribution in [-0.2, 0) is 0 Å². The van der Waals surface area contributed by atoms with Crippen LogP contribution in [0.4, 0.5) is 0 Å². The second-order valence-corrected chi connectivity index (χ2v) is 20.4. The monoisotopic (exact) mass is 450 g/mol. The van der Waals surface area contributed by atoms with Crippen LogP contribution in [0.15, 0.2) is 0 Å². The third-order valence-corrected chi connectivity index (χ3v) is 16.4. The predicted octanol–water partition coefficient (Wildman–Crippen LogP) is 10.2. The van der Waals surface area contributed by atoms with E-state index in [0.29, 0.717) is 0 Å². The molecule has 160 valence electrons. The molecule has 0 aromatic rings. The van der Waals surface area contributed by atoms with Crippen molar-refractivity contribution in [3.63, 3.8) is 0 Å². The molecule has 0 bridgehead atoms. The molecular weight excluding hydrogens is 399 g/mol. The van der Waals surface area contributed by atoms with Crippen LogP contribution >= 0.6 is 20.8 Å². The van der Waals surface area contributed by atoms with Crippen molar-refractivity contribution in [3.8, 4) is 0 Å². The van der Waals surface area contributed by atoms with Crippen molar-refractivity contribution < 1.29 is 0 Å². The van der Waals surface area contributed by atoms with Crippen LogP contribution in [0.25, 0.3) is 0 Å². The molecule has 0 saturated heterocycles. The van der Waals surface area contributed by atoms with Gasteiger partial charge in [0.05, 0.1) is 0 Å². The third kappa shape index (κ3) is 13.1. The summed E-state index contributed by atoms with van der Waals surface area (Å²) in [4.78, 5) is 0. The molecule has 0 N–H and O–H groups in total. The molecule has 0 heterocycles. The summed E-state index contributed by atoms with van der Waals surface area (Å²) in [5, 5.41) is -1.65. The van der Waals surface area contributed by atoms with E-state index in [2.05, 4.69) is 43.2 Å². The topological polar surface area (TPSA) is 0 Å². The second kappa shape index (κ2) is 16.8. The van der Waals surface area contributed by atoms with Crippen molar-refractivity contribution in [2.24, 2.45) is 0 Å². The first-order valence-electron chi connectivity index (χ1n) is 12.3. The average Bonchev–Trinajstić information content (AvgIpc) is 2.62. The van der Waals surface area contributed by atoms with Crippen molar-refractivity contribution in [3.05, 3.63) is 0 Å². The Balaban J connectivity index is 4.71. The second-order valence-electron chi connectivity index (χ2n) is 8.96. The summed E-state index contributed by atoms with van der Waals surface area (Å²) >= 11 is 4.59. The Morgan fingerprint density at radius 2 is 0.692 bits per heavy atom. The number of rotatable bonds is 20. The number of hydrogen-bond acceptors (Lipinski definition) is 0. The Morgan fingerprint density at radius 3 is 0.962 bits per heavy atom. The predicted molar refractivity (Wildman–Crippen MR) is 132 cm³/mol. The van der Waals surface area contributed by atoms with Gasteiger partial charge in [-0.25, -0.2) is 0 Å². The summed E-state index contributed by atoms with van der Waals surface area (Å²) in [6, 6.07) is 0. The molecule has 0 rings (SSSR count). The van der Waals surface area contributed by atoms with E-state index < -0.39 is 5.31 Å². The molecule has 0 atom stereocenters. The molecule has 0 spiro atoms. The van der Waals surface area contributed by atoms with E-state index in [1.54, 1.807) is 0 Å². The molecule has 0 aliphatic carbocycles. The van der Waals surface area contributed by atoms with Crippen LogP contribution in [0.3, 0.4) is 0 Å². The quantitative estimate of drug-likeness (QED) is 0.128.